The summed E-state index contributed by atoms with van der Waals surface area (Å²) in [7, 11) is 1.46. The summed E-state index contributed by atoms with van der Waals surface area (Å²) in [5.74, 6) is 0.348. The van der Waals surface area contributed by atoms with Gasteiger partial charge < -0.3 is 0 Å². The van der Waals surface area contributed by atoms with Crippen molar-refractivity contribution in [1.29, 1.82) is 0 Å². The molecule has 9 nitrogen and oxygen atoms in total. The van der Waals surface area contributed by atoms with Crippen LogP contribution in [0.15, 0.2) is 81.1 Å². The van der Waals surface area contributed by atoms with Gasteiger partial charge in [-0.2, -0.15) is 0 Å². The monoisotopic (exact) mass is 520 g/mol. The first-order chi connectivity index (χ1) is 14.5. The SMILES string of the molecule is COc1cc(N=Nc2ccc([Xe])cc2)c(C=O)cc1N=Nc1ccc([N+](=O)[O-])cc1. The molecular weight excluding hydrogens is 506 g/mol. The maximum absolute atomic E-state index is 11.5. The van der Waals surface area contributed by atoms with Crippen molar-refractivity contribution in [2.24, 2.45) is 20.5 Å². The van der Waals surface area contributed by atoms with Crippen molar-refractivity contribution in [3.63, 3.8) is 0 Å². The first-order valence-electron chi connectivity index (χ1n) is 8.49. The second kappa shape index (κ2) is 10.4. The van der Waals surface area contributed by atoms with Gasteiger partial charge in [-0.15, -0.1) is 0 Å². The van der Waals surface area contributed by atoms with Gasteiger partial charge in [0.2, 0.25) is 0 Å². The minimum atomic E-state index is -0.497. The number of aldehydes is 1. The molecule has 0 aliphatic rings. The third-order valence-electron chi connectivity index (χ3n) is 3.88. The molecule has 0 saturated heterocycles. The summed E-state index contributed by atoms with van der Waals surface area (Å²) in [5, 5.41) is 27.1. The van der Waals surface area contributed by atoms with Crippen molar-refractivity contribution < 1.29 is 61.0 Å². The second-order valence-electron chi connectivity index (χ2n) is 5.84. The summed E-state index contributed by atoms with van der Waals surface area (Å²) in [6, 6.07) is 16.0. The minimum absolute atomic E-state index is 0.0444. The fourth-order valence-electron chi connectivity index (χ4n) is 2.36. The van der Waals surface area contributed by atoms with Gasteiger partial charge in [0.25, 0.3) is 5.69 Å². The molecule has 0 amide bonds. The number of hydrogen-bond donors (Lipinski definition) is 0. The quantitative estimate of drug-likeness (QED) is 0.179. The summed E-state index contributed by atoms with van der Waals surface area (Å²) >= 11 is 2.49. The number of hydrogen-bond acceptors (Lipinski definition) is 8. The fourth-order valence-corrected chi connectivity index (χ4v) is 2.70. The Labute approximate surface area is 203 Å². The molecule has 30 heavy (non-hydrogen) atoms. The van der Waals surface area contributed by atoms with E-state index < -0.39 is 4.92 Å². The molecule has 0 atom stereocenters. The van der Waals surface area contributed by atoms with Crippen LogP contribution in [-0.2, 0) is 0 Å². The zero-order chi connectivity index (χ0) is 21.5. The molecule has 10 heteroatoms. The number of carbonyl (C=O) groups is 1. The van der Waals surface area contributed by atoms with Crippen LogP contribution in [0.1, 0.15) is 10.4 Å². The van der Waals surface area contributed by atoms with Crippen LogP contribution in [0.25, 0.3) is 0 Å². The predicted octanol–water partition coefficient (Wildman–Crippen LogP) is 5.42. The Morgan fingerprint density at radius 3 is 2.00 bits per heavy atom. The van der Waals surface area contributed by atoms with Gasteiger partial charge in [-0.3, -0.25) is 10.1 Å². The smallest absolute Gasteiger partial charge is 0.258 e. The Hall–Kier alpha value is -2.70. The molecule has 151 valence electrons. The van der Waals surface area contributed by atoms with E-state index in [1.807, 2.05) is 12.1 Å². The molecule has 3 aromatic carbocycles. The fraction of sp³-hybridized carbons (Fsp3) is 0.0500. The zero-order valence-corrected chi connectivity index (χ0v) is 17.6. The van der Waals surface area contributed by atoms with E-state index in [1.165, 1.54) is 37.4 Å². The van der Waals surface area contributed by atoms with Crippen LogP contribution < -0.4 is 4.77 Å². The van der Waals surface area contributed by atoms with Crippen LogP contribution in [0.3, 0.4) is 0 Å². The van der Waals surface area contributed by atoms with Crippen molar-refractivity contribution in [1.82, 2.24) is 0 Å². The first-order valence-corrected chi connectivity index (χ1v) is 9.50. The Morgan fingerprint density at radius 2 is 1.47 bits per heavy atom. The van der Waals surface area contributed by atoms with E-state index in [1.54, 1.807) is 18.2 Å². The van der Waals surface area contributed by atoms with Crippen LogP contribution in [0, 0.1) is 56.6 Å². The summed E-state index contributed by atoms with van der Waals surface area (Å²) in [6.07, 6.45) is 0.644. The molecule has 3 aromatic rings. The number of ether oxygens (including phenoxy) is 1. The van der Waals surface area contributed by atoms with Gasteiger partial charge >= 0.3 is 155 Å². The van der Waals surface area contributed by atoms with Crippen molar-refractivity contribution in [3.05, 3.63) is 76.3 Å². The normalized spacial score (nSPS) is 11.1. The molecule has 0 spiro atoms. The second-order valence-corrected chi connectivity index (χ2v) is 7.00. The Bertz CT molecular complexity index is 1130. The van der Waals surface area contributed by atoms with E-state index in [4.69, 9.17) is 4.74 Å². The third kappa shape index (κ3) is 5.68. The van der Waals surface area contributed by atoms with E-state index in [-0.39, 0.29) is 11.3 Å². The van der Waals surface area contributed by atoms with Crippen LogP contribution in [-0.4, -0.2) is 18.3 Å². The third-order valence-corrected chi connectivity index (χ3v) is 4.55. The van der Waals surface area contributed by atoms with E-state index in [0.717, 1.165) is 0.0314 Å². The van der Waals surface area contributed by atoms with Crippen LogP contribution >= 0.6 is 0 Å². The number of rotatable bonds is 7. The van der Waals surface area contributed by atoms with Gasteiger partial charge in [0.15, 0.2) is 0 Å². The molecule has 0 fully saturated rings. The zero-order valence-electron chi connectivity index (χ0n) is 15.6. The molecule has 1 radical (unpaired) electrons. The van der Waals surface area contributed by atoms with Crippen molar-refractivity contribution in [2.45, 2.75) is 0 Å². The van der Waals surface area contributed by atoms with E-state index in [2.05, 4.69) is 67.0 Å². The number of azo groups is 2. The van der Waals surface area contributed by atoms with E-state index in [9.17, 15) is 14.9 Å². The minimum Gasteiger partial charge on any atom is -0.258 e. The molecule has 0 aliphatic heterocycles. The summed E-state index contributed by atoms with van der Waals surface area (Å²) in [4.78, 5) is 21.8. The summed E-state index contributed by atoms with van der Waals surface area (Å²) in [6.45, 7) is 0. The Morgan fingerprint density at radius 1 is 0.900 bits per heavy atom. The standard InChI is InChI=1S/C20H14N5O4Xe/c1-29-20-11-18(23-21-15-4-8-17(30)9-5-15)13(12-26)10-19(20)24-22-14-2-6-16(7-3-14)25(27)28/h2-12H,1H3. The number of carbonyl (C=O) groups excluding carboxylic acids is 1. The first kappa shape index (κ1) is 22.0. The molecule has 0 saturated carbocycles. The number of nitro groups is 1. The van der Waals surface area contributed by atoms with Gasteiger partial charge in [0.1, 0.15) is 0 Å². The van der Waals surface area contributed by atoms with Gasteiger partial charge in [0, 0.05) is 12.1 Å². The van der Waals surface area contributed by atoms with E-state index in [0.29, 0.717) is 34.8 Å². The molecule has 3 rings (SSSR count). The molecule has 0 unspecified atom stereocenters. The van der Waals surface area contributed by atoms with Crippen LogP contribution in [0.5, 0.6) is 5.75 Å². The molecule has 0 N–H and O–H groups in total. The summed E-state index contributed by atoms with van der Waals surface area (Å²) < 4.78 is 6.36. The van der Waals surface area contributed by atoms with E-state index >= 15 is 0 Å². The molecule has 0 aliphatic carbocycles. The average Bonchev–Trinajstić information content (AvgIpc) is 2.77. The van der Waals surface area contributed by atoms with Crippen molar-refractivity contribution in [2.75, 3.05) is 7.11 Å². The average molecular weight is 520 g/mol. The van der Waals surface area contributed by atoms with Gasteiger partial charge in [-0.1, -0.05) is 0 Å². The Kier molecular flexibility index (Phi) is 7.60. The maximum atomic E-state index is 11.5. The Balaban J connectivity index is 1.89. The van der Waals surface area contributed by atoms with Gasteiger partial charge in [-0.25, -0.2) is 0 Å². The van der Waals surface area contributed by atoms with Crippen LogP contribution in [0.2, 0.25) is 0 Å². The molecule has 0 bridgehead atoms. The number of methoxy groups -OCH3 is 1. The number of nitrogens with zero attached hydrogens (tertiary/aromatic N) is 5. The number of benzene rings is 3. The van der Waals surface area contributed by atoms with Crippen molar-refractivity contribution >= 4 is 34.8 Å². The number of nitro benzene ring substituents is 1. The van der Waals surface area contributed by atoms with Gasteiger partial charge in [0.05, 0.1) is 10.6 Å². The number of non-ortho nitro benzene ring substituents is 1. The molecule has 0 heterocycles. The predicted molar refractivity (Wildman–Crippen MR) is 106 cm³/mol. The molecular formula is C20H14N5O4Xe. The topological polar surface area (TPSA) is 119 Å². The van der Waals surface area contributed by atoms with Crippen LogP contribution in [0.4, 0.5) is 28.4 Å². The molecule has 0 aromatic heterocycles. The van der Waals surface area contributed by atoms with Gasteiger partial charge in [-0.05, 0) is 12.1 Å². The summed E-state index contributed by atoms with van der Waals surface area (Å²) in [5.41, 5.74) is 1.91. The van der Waals surface area contributed by atoms with Crippen molar-refractivity contribution in [3.8, 4) is 5.75 Å².